The molecule has 4 heteroatoms. The Morgan fingerprint density at radius 3 is 2.12 bits per heavy atom. The topological polar surface area (TPSA) is 26.3 Å². The first kappa shape index (κ1) is 18.8. The third kappa shape index (κ3) is 4.75. The fraction of sp³-hybridized carbons (Fsp3) is 0.350. The molecule has 0 bridgehead atoms. The highest BCUT2D eigenvalue weighted by molar-refractivity contribution is 6.92. The summed E-state index contributed by atoms with van der Waals surface area (Å²) in [6.45, 7) is 13.1. The summed E-state index contributed by atoms with van der Waals surface area (Å²) >= 11 is 0. The van der Waals surface area contributed by atoms with Gasteiger partial charge in [0.2, 0.25) is 8.32 Å². The molecule has 0 amide bonds. The predicted octanol–water partition coefficient (Wildman–Crippen LogP) is 4.68. The molecule has 0 spiro atoms. The molecule has 0 unspecified atom stereocenters. The maximum absolute atomic E-state index is 13.0. The van der Waals surface area contributed by atoms with Gasteiger partial charge in [0.05, 0.1) is 0 Å². The first-order valence-electron chi connectivity index (χ1n) is 8.47. The van der Waals surface area contributed by atoms with E-state index in [1.54, 1.807) is 0 Å². The predicted molar refractivity (Wildman–Crippen MR) is 107 cm³/mol. The highest BCUT2D eigenvalue weighted by Gasteiger charge is 2.35. The van der Waals surface area contributed by atoms with Gasteiger partial charge in [-0.15, -0.1) is 0 Å². The first-order chi connectivity index (χ1) is 11.1. The fourth-order valence-electron chi connectivity index (χ4n) is 3.23. The number of hydrogen-bond donors (Lipinski definition) is 0. The number of aryl methyl sites for hydroxylation is 1. The minimum Gasteiger partial charge on any atom is -0.452 e. The summed E-state index contributed by atoms with van der Waals surface area (Å²) in [5, 5.41) is 1.13. The second-order valence-corrected chi connectivity index (χ2v) is 16.4. The molecule has 2 aromatic carbocycles. The van der Waals surface area contributed by atoms with Crippen LogP contribution in [0.25, 0.3) is 0 Å². The Labute approximate surface area is 148 Å². The Morgan fingerprint density at radius 1 is 0.917 bits per heavy atom. The van der Waals surface area contributed by atoms with Gasteiger partial charge >= 0.3 is 0 Å². The maximum atomic E-state index is 13.0. The second kappa shape index (κ2) is 7.17. The molecule has 0 saturated carbocycles. The molecule has 0 atom stereocenters. The van der Waals surface area contributed by atoms with Crippen LogP contribution in [0.5, 0.6) is 0 Å². The van der Waals surface area contributed by atoms with Crippen molar-refractivity contribution >= 4 is 27.6 Å². The quantitative estimate of drug-likeness (QED) is 0.555. The van der Waals surface area contributed by atoms with Crippen molar-refractivity contribution in [3.8, 4) is 0 Å². The molecule has 2 nitrogen and oxygen atoms in total. The third-order valence-electron chi connectivity index (χ3n) is 3.97. The number of carbonyl (C=O) groups is 1. The molecule has 0 aliphatic carbocycles. The lowest BCUT2D eigenvalue weighted by atomic mass is 9.99. The minimum atomic E-state index is -2.13. The van der Waals surface area contributed by atoms with Crippen LogP contribution in [0, 0.1) is 6.92 Å². The number of carbonyl (C=O) groups excluding carboxylic acids is 1. The highest BCUT2D eigenvalue weighted by atomic mass is 28.4. The van der Waals surface area contributed by atoms with Crippen LogP contribution in [0.15, 0.2) is 48.5 Å². The van der Waals surface area contributed by atoms with Gasteiger partial charge in [-0.2, -0.15) is 0 Å². The molecule has 0 aromatic heterocycles. The average Bonchev–Trinajstić information content (AvgIpc) is 2.45. The van der Waals surface area contributed by atoms with Crippen molar-refractivity contribution < 1.29 is 8.91 Å². The Bertz CT molecular complexity index is 716. The van der Waals surface area contributed by atoms with E-state index in [0.29, 0.717) is 6.42 Å². The number of ketones is 1. The second-order valence-electron chi connectivity index (χ2n) is 7.81. The summed E-state index contributed by atoms with van der Waals surface area (Å²) in [5.41, 5.74) is 2.98. The summed E-state index contributed by atoms with van der Waals surface area (Å²) in [6.07, 6.45) is 0.441. The van der Waals surface area contributed by atoms with Gasteiger partial charge in [-0.05, 0) is 56.0 Å². The van der Waals surface area contributed by atoms with Gasteiger partial charge in [0, 0.05) is 12.0 Å². The molecular weight excluding hydrogens is 328 g/mol. The van der Waals surface area contributed by atoms with Crippen molar-refractivity contribution in [2.75, 3.05) is 0 Å². The zero-order valence-electron chi connectivity index (χ0n) is 15.6. The number of hydrogen-bond acceptors (Lipinski definition) is 2. The lowest BCUT2D eigenvalue weighted by Gasteiger charge is -2.33. The van der Waals surface area contributed by atoms with Crippen molar-refractivity contribution in [3.63, 3.8) is 0 Å². The Hall–Kier alpha value is -1.50. The van der Waals surface area contributed by atoms with Gasteiger partial charge in [0.1, 0.15) is 0 Å². The molecule has 0 aliphatic heterocycles. The van der Waals surface area contributed by atoms with E-state index < -0.39 is 16.6 Å². The van der Waals surface area contributed by atoms with E-state index in [0.717, 1.165) is 21.9 Å². The van der Waals surface area contributed by atoms with E-state index in [2.05, 4.69) is 38.8 Å². The molecule has 0 aliphatic rings. The van der Waals surface area contributed by atoms with Gasteiger partial charge in [-0.3, -0.25) is 4.79 Å². The molecule has 128 valence electrons. The van der Waals surface area contributed by atoms with Crippen LogP contribution in [0.1, 0.15) is 21.5 Å². The van der Waals surface area contributed by atoms with E-state index in [1.807, 2.05) is 49.4 Å². The highest BCUT2D eigenvalue weighted by Crippen LogP contribution is 2.19. The summed E-state index contributed by atoms with van der Waals surface area (Å²) in [6, 6.07) is 16.1. The number of Topliss-reactive ketones (excluding diaryl/α,β-unsaturated/α-hetero) is 1. The monoisotopic (exact) mass is 356 g/mol. The molecule has 0 N–H and O–H groups in total. The molecule has 0 saturated heterocycles. The summed E-state index contributed by atoms with van der Waals surface area (Å²) in [4.78, 5) is 13.0. The smallest absolute Gasteiger partial charge is 0.206 e. The van der Waals surface area contributed by atoms with Crippen LogP contribution < -0.4 is 5.19 Å². The molecule has 0 heterocycles. The van der Waals surface area contributed by atoms with Crippen molar-refractivity contribution in [3.05, 3.63) is 65.2 Å². The average molecular weight is 357 g/mol. The van der Waals surface area contributed by atoms with Crippen LogP contribution in [0.2, 0.25) is 32.7 Å². The van der Waals surface area contributed by atoms with Crippen molar-refractivity contribution in [1.82, 2.24) is 0 Å². The van der Waals surface area contributed by atoms with Crippen LogP contribution in [0.3, 0.4) is 0 Å². The van der Waals surface area contributed by atoms with Crippen LogP contribution >= 0.6 is 0 Å². The molecule has 0 radical (unpaired) electrons. The largest absolute Gasteiger partial charge is 0.452 e. The van der Waals surface area contributed by atoms with Crippen LogP contribution in [-0.4, -0.2) is 22.4 Å². The summed E-state index contributed by atoms with van der Waals surface area (Å²) in [7, 11) is -3.80. The standard InChI is InChI=1S/C20H28O2Si2/c1-16-11-10-14-19(24(5,6)22-23(2,3)4)20(16)18(21)15-17-12-8-7-9-13-17/h7-14H,15H2,1-6H3. The van der Waals surface area contributed by atoms with Gasteiger partial charge in [0.25, 0.3) is 0 Å². The van der Waals surface area contributed by atoms with E-state index >= 15 is 0 Å². The summed E-state index contributed by atoms with van der Waals surface area (Å²) < 4.78 is 6.53. The normalized spacial score (nSPS) is 12.2. The van der Waals surface area contributed by atoms with Crippen molar-refractivity contribution in [1.29, 1.82) is 0 Å². The zero-order valence-corrected chi connectivity index (χ0v) is 17.6. The number of benzene rings is 2. The first-order valence-corrected chi connectivity index (χ1v) is 14.8. The Balaban J connectivity index is 2.41. The fourth-order valence-corrected chi connectivity index (χ4v) is 11.2. The van der Waals surface area contributed by atoms with E-state index in [4.69, 9.17) is 4.12 Å². The summed E-state index contributed by atoms with van der Waals surface area (Å²) in [5.74, 6) is 0.189. The minimum absolute atomic E-state index is 0.189. The molecule has 24 heavy (non-hydrogen) atoms. The Morgan fingerprint density at radius 2 is 1.54 bits per heavy atom. The number of rotatable bonds is 6. The van der Waals surface area contributed by atoms with Gasteiger partial charge in [-0.25, -0.2) is 0 Å². The van der Waals surface area contributed by atoms with Crippen molar-refractivity contribution in [2.24, 2.45) is 0 Å². The maximum Gasteiger partial charge on any atom is 0.206 e. The van der Waals surface area contributed by atoms with Gasteiger partial charge < -0.3 is 4.12 Å². The van der Waals surface area contributed by atoms with E-state index in [1.165, 1.54) is 0 Å². The Kier molecular flexibility index (Phi) is 5.63. The SMILES string of the molecule is Cc1cccc([Si](C)(C)O[Si](C)(C)C)c1C(=O)Cc1ccccc1. The van der Waals surface area contributed by atoms with Crippen LogP contribution in [-0.2, 0) is 10.5 Å². The van der Waals surface area contributed by atoms with Crippen LogP contribution in [0.4, 0.5) is 0 Å². The molecule has 0 fully saturated rings. The van der Waals surface area contributed by atoms with Gasteiger partial charge in [-0.1, -0.05) is 48.5 Å². The molecule has 2 aromatic rings. The van der Waals surface area contributed by atoms with E-state index in [-0.39, 0.29) is 5.78 Å². The van der Waals surface area contributed by atoms with Gasteiger partial charge in [0.15, 0.2) is 14.1 Å². The molecular formula is C20H28O2Si2. The lowest BCUT2D eigenvalue weighted by Crippen LogP contribution is -2.53. The van der Waals surface area contributed by atoms with Crippen molar-refractivity contribution in [2.45, 2.75) is 46.1 Å². The lowest BCUT2D eigenvalue weighted by molar-refractivity contribution is 0.0993. The van der Waals surface area contributed by atoms with E-state index in [9.17, 15) is 4.79 Å². The molecule has 2 rings (SSSR count). The zero-order chi connectivity index (χ0) is 18.0. The third-order valence-corrected chi connectivity index (χ3v) is 10.2.